The van der Waals surface area contributed by atoms with Crippen LogP contribution in [-0.4, -0.2) is 64.6 Å². The lowest BCUT2D eigenvalue weighted by Crippen LogP contribution is -2.56. The summed E-state index contributed by atoms with van der Waals surface area (Å²) in [6.07, 6.45) is 0.124. The van der Waals surface area contributed by atoms with Crippen LogP contribution in [0.1, 0.15) is 31.9 Å². The first kappa shape index (κ1) is 39.6. The second-order valence-corrected chi connectivity index (χ2v) is 15.7. The molecule has 0 aliphatic carbocycles. The lowest BCUT2D eigenvalue weighted by atomic mass is 10.0. The molecule has 0 aliphatic heterocycles. The summed E-state index contributed by atoms with van der Waals surface area (Å²) in [6, 6.07) is 21.5. The summed E-state index contributed by atoms with van der Waals surface area (Å²) in [4.78, 5) is 30.1. The Morgan fingerprint density at radius 2 is 1.41 bits per heavy atom. The lowest BCUT2D eigenvalue weighted by Gasteiger charge is -2.35. The summed E-state index contributed by atoms with van der Waals surface area (Å²) < 4.78 is 46.4. The van der Waals surface area contributed by atoms with Crippen LogP contribution < -0.4 is 23.8 Å². The first-order valence-electron chi connectivity index (χ1n) is 15.8. The molecule has 0 spiro atoms. The number of hydrogen-bond acceptors (Lipinski definition) is 7. The Labute approximate surface area is 314 Å². The Morgan fingerprint density at radius 3 is 2.02 bits per heavy atom. The highest BCUT2D eigenvalue weighted by Crippen LogP contribution is 2.37. The molecule has 1 N–H and O–H groups in total. The summed E-state index contributed by atoms with van der Waals surface area (Å²) in [7, 11) is -0.352. The van der Waals surface area contributed by atoms with E-state index in [4.69, 9.17) is 49.0 Å². The monoisotopic (exact) mass is 775 g/mol. The molecule has 14 heteroatoms. The van der Waals surface area contributed by atoms with Crippen molar-refractivity contribution >= 4 is 62.3 Å². The van der Waals surface area contributed by atoms with E-state index in [0.29, 0.717) is 16.3 Å². The van der Waals surface area contributed by atoms with Gasteiger partial charge >= 0.3 is 0 Å². The zero-order valence-corrected chi connectivity index (χ0v) is 32.2. The van der Waals surface area contributed by atoms with Crippen LogP contribution in [0.4, 0.5) is 5.69 Å². The molecule has 51 heavy (non-hydrogen) atoms. The van der Waals surface area contributed by atoms with E-state index in [1.807, 2.05) is 51.1 Å². The number of carbonyl (C=O) groups excluding carboxylic acids is 2. The van der Waals surface area contributed by atoms with Crippen molar-refractivity contribution in [3.05, 3.63) is 111 Å². The van der Waals surface area contributed by atoms with Gasteiger partial charge in [0.15, 0.2) is 11.5 Å². The summed E-state index contributed by atoms with van der Waals surface area (Å²) in [5.41, 5.74) is 0.696. The predicted molar refractivity (Wildman–Crippen MR) is 201 cm³/mol. The van der Waals surface area contributed by atoms with Crippen LogP contribution in [0.15, 0.2) is 89.8 Å². The minimum absolute atomic E-state index is 0.00127. The van der Waals surface area contributed by atoms with Crippen molar-refractivity contribution in [3.8, 4) is 17.2 Å². The number of rotatable bonds is 14. The van der Waals surface area contributed by atoms with Crippen LogP contribution in [0.2, 0.25) is 15.1 Å². The van der Waals surface area contributed by atoms with Crippen LogP contribution in [0.3, 0.4) is 0 Å². The highest BCUT2D eigenvalue weighted by atomic mass is 35.5. The molecule has 2 amide bonds. The number of nitrogens with zero attached hydrogens (tertiary/aromatic N) is 2. The summed E-state index contributed by atoms with van der Waals surface area (Å²) in [5, 5.41) is 3.76. The Bertz CT molecular complexity index is 1970. The van der Waals surface area contributed by atoms with Crippen LogP contribution in [0.5, 0.6) is 17.2 Å². The van der Waals surface area contributed by atoms with Gasteiger partial charge in [-0.2, -0.15) is 0 Å². The lowest BCUT2D eigenvalue weighted by molar-refractivity contribution is -0.140. The third-order valence-electron chi connectivity index (χ3n) is 7.74. The maximum absolute atomic E-state index is 14.8. The molecule has 272 valence electrons. The fourth-order valence-corrected chi connectivity index (χ4v) is 7.24. The Hall–Kier alpha value is -4.16. The number of carbonyl (C=O) groups is 2. The maximum Gasteiger partial charge on any atom is 0.265 e. The first-order chi connectivity index (χ1) is 24.1. The molecule has 0 bridgehead atoms. The van der Waals surface area contributed by atoms with Crippen LogP contribution >= 0.6 is 34.8 Å². The molecule has 4 rings (SSSR count). The number of hydrogen-bond donors (Lipinski definition) is 1. The number of ether oxygens (including phenoxy) is 3. The van der Waals surface area contributed by atoms with E-state index in [0.717, 1.165) is 9.87 Å². The molecule has 4 aromatic carbocycles. The highest BCUT2D eigenvalue weighted by Gasteiger charge is 2.37. The number of methoxy groups -OCH3 is 3. The van der Waals surface area contributed by atoms with Crippen LogP contribution in [0, 0.1) is 0 Å². The highest BCUT2D eigenvalue weighted by molar-refractivity contribution is 7.92. The van der Waals surface area contributed by atoms with Crippen molar-refractivity contribution in [2.75, 3.05) is 32.2 Å². The second-order valence-electron chi connectivity index (χ2n) is 12.6. The minimum atomic E-state index is -4.54. The Kier molecular flexibility index (Phi) is 13.1. The zero-order chi connectivity index (χ0) is 37.5. The summed E-state index contributed by atoms with van der Waals surface area (Å²) >= 11 is 19.0. The molecule has 0 unspecified atom stereocenters. The minimum Gasteiger partial charge on any atom is -0.495 e. The maximum atomic E-state index is 14.8. The molecule has 0 saturated heterocycles. The number of benzene rings is 4. The molecule has 0 aliphatic rings. The van der Waals surface area contributed by atoms with Gasteiger partial charge in [-0.3, -0.25) is 13.9 Å². The van der Waals surface area contributed by atoms with Gasteiger partial charge in [-0.25, -0.2) is 8.42 Å². The van der Waals surface area contributed by atoms with E-state index in [1.54, 1.807) is 18.2 Å². The van der Waals surface area contributed by atoms with E-state index < -0.39 is 40.0 Å². The normalized spacial score (nSPS) is 12.1. The van der Waals surface area contributed by atoms with Crippen molar-refractivity contribution in [1.29, 1.82) is 0 Å². The molecule has 0 radical (unpaired) electrons. The van der Waals surface area contributed by atoms with Gasteiger partial charge in [0.05, 0.1) is 42.0 Å². The fourth-order valence-electron chi connectivity index (χ4n) is 5.32. The Balaban J connectivity index is 1.91. The van der Waals surface area contributed by atoms with Gasteiger partial charge in [0, 0.05) is 29.6 Å². The van der Waals surface area contributed by atoms with Gasteiger partial charge in [0.25, 0.3) is 10.0 Å². The van der Waals surface area contributed by atoms with Crippen LogP contribution in [0.25, 0.3) is 0 Å². The van der Waals surface area contributed by atoms with Gasteiger partial charge < -0.3 is 24.4 Å². The molecular weight excluding hydrogens is 737 g/mol. The van der Waals surface area contributed by atoms with E-state index in [2.05, 4.69) is 5.32 Å². The Morgan fingerprint density at radius 1 is 0.765 bits per heavy atom. The number of sulfonamides is 1. The molecule has 10 nitrogen and oxygen atoms in total. The van der Waals surface area contributed by atoms with E-state index in [-0.39, 0.29) is 45.1 Å². The molecule has 4 aromatic rings. The second kappa shape index (κ2) is 16.9. The average molecular weight is 777 g/mol. The molecular formula is C37H40Cl3N3O7S. The van der Waals surface area contributed by atoms with Crippen molar-refractivity contribution in [1.82, 2.24) is 10.2 Å². The fraction of sp³-hybridized carbons (Fsp3) is 0.297. The smallest absolute Gasteiger partial charge is 0.265 e. The van der Waals surface area contributed by atoms with Crippen molar-refractivity contribution in [2.45, 2.75) is 50.2 Å². The summed E-state index contributed by atoms with van der Waals surface area (Å²) in [5.74, 6) is -0.531. The van der Waals surface area contributed by atoms with Gasteiger partial charge in [0.2, 0.25) is 11.8 Å². The molecule has 0 aromatic heterocycles. The van der Waals surface area contributed by atoms with Crippen molar-refractivity contribution in [2.24, 2.45) is 0 Å². The third kappa shape index (κ3) is 10.0. The molecule has 0 saturated carbocycles. The van der Waals surface area contributed by atoms with E-state index >= 15 is 0 Å². The molecule has 0 fully saturated rings. The zero-order valence-electron chi connectivity index (χ0n) is 29.1. The standard InChI is InChI=1S/C37H40Cl3N3O7S/c1-37(2,3)41-36(45)31(19-24-10-8-7-9-11-24)42(22-25-12-15-28(39)29(40)18-25)35(44)23-43(30-20-26(38)13-16-32(30)48-4)51(46,47)27-14-17-33(49-5)34(21-27)50-6/h7-18,20-21,31H,19,22-23H2,1-6H3,(H,41,45)/t31-/m1/s1. The number of amides is 2. The number of halogens is 3. The van der Waals surface area contributed by atoms with E-state index in [1.165, 1.54) is 62.6 Å². The van der Waals surface area contributed by atoms with Crippen LogP contribution in [-0.2, 0) is 32.6 Å². The average Bonchev–Trinajstić information content (AvgIpc) is 3.09. The molecule has 0 heterocycles. The molecule has 1 atom stereocenters. The topological polar surface area (TPSA) is 114 Å². The summed E-state index contributed by atoms with van der Waals surface area (Å²) in [6.45, 7) is 4.64. The van der Waals surface area contributed by atoms with Gasteiger partial charge in [-0.15, -0.1) is 0 Å². The number of anilines is 1. The predicted octanol–water partition coefficient (Wildman–Crippen LogP) is 7.42. The van der Waals surface area contributed by atoms with E-state index in [9.17, 15) is 18.0 Å². The quantitative estimate of drug-likeness (QED) is 0.142. The van der Waals surface area contributed by atoms with Crippen molar-refractivity contribution < 1.29 is 32.2 Å². The van der Waals surface area contributed by atoms with Gasteiger partial charge in [-0.1, -0.05) is 71.2 Å². The SMILES string of the molecule is COc1ccc(S(=O)(=O)N(CC(=O)N(Cc2ccc(Cl)c(Cl)c2)[C@H](Cc2ccccc2)C(=O)NC(C)(C)C)c2cc(Cl)ccc2OC)cc1OC. The number of nitrogens with one attached hydrogen (secondary N) is 1. The largest absolute Gasteiger partial charge is 0.495 e. The van der Waals surface area contributed by atoms with Gasteiger partial charge in [0.1, 0.15) is 18.3 Å². The third-order valence-corrected chi connectivity index (χ3v) is 10.5. The van der Waals surface area contributed by atoms with Gasteiger partial charge in [-0.05, 0) is 74.4 Å². The first-order valence-corrected chi connectivity index (χ1v) is 18.3. The van der Waals surface area contributed by atoms with Crippen molar-refractivity contribution in [3.63, 3.8) is 0 Å².